The van der Waals surface area contributed by atoms with Crippen molar-refractivity contribution in [3.8, 4) is 0 Å². The van der Waals surface area contributed by atoms with Gasteiger partial charge in [-0.2, -0.15) is 0 Å². The van der Waals surface area contributed by atoms with Crippen LogP contribution in [0.1, 0.15) is 53.4 Å². The second kappa shape index (κ2) is 5.48. The molecule has 0 saturated heterocycles. The smallest absolute Gasteiger partial charge is 0.161 e. The molecule has 1 saturated carbocycles. The van der Waals surface area contributed by atoms with Crippen LogP contribution in [-0.4, -0.2) is 5.78 Å². The minimum absolute atomic E-state index is 0.308. The molecule has 86 valence electrons. The fraction of sp³-hybridized carbons (Fsp3) is 0.786. The summed E-state index contributed by atoms with van der Waals surface area (Å²) in [4.78, 5) is 12.1. The zero-order valence-electron chi connectivity index (χ0n) is 10.5. The molecule has 0 amide bonds. The van der Waals surface area contributed by atoms with Gasteiger partial charge in [-0.3, -0.25) is 4.79 Å². The lowest BCUT2D eigenvalue weighted by atomic mass is 9.73. The summed E-state index contributed by atoms with van der Waals surface area (Å²) in [6.07, 6.45) is 6.29. The molecule has 1 heteroatoms. The Balaban J connectivity index is 2.62. The third kappa shape index (κ3) is 2.93. The largest absolute Gasteiger partial charge is 0.294 e. The number of hydrogen-bond donors (Lipinski definition) is 0. The normalized spacial score (nSPS) is 32.8. The van der Waals surface area contributed by atoms with Crippen molar-refractivity contribution in [2.45, 2.75) is 53.4 Å². The lowest BCUT2D eigenvalue weighted by Gasteiger charge is -2.31. The van der Waals surface area contributed by atoms with Gasteiger partial charge in [0.1, 0.15) is 0 Å². The maximum Gasteiger partial charge on any atom is 0.161 e. The van der Waals surface area contributed by atoms with Crippen LogP contribution in [0.5, 0.6) is 0 Å². The van der Waals surface area contributed by atoms with Gasteiger partial charge in [0.05, 0.1) is 0 Å². The van der Waals surface area contributed by atoms with Crippen molar-refractivity contribution < 1.29 is 4.79 Å². The molecule has 0 bridgehead atoms. The summed E-state index contributed by atoms with van der Waals surface area (Å²) in [6.45, 7) is 8.64. The molecule has 1 rings (SSSR count). The summed E-state index contributed by atoms with van der Waals surface area (Å²) in [5, 5.41) is 0. The van der Waals surface area contributed by atoms with Crippen LogP contribution in [-0.2, 0) is 4.79 Å². The topological polar surface area (TPSA) is 17.1 Å². The Morgan fingerprint density at radius 3 is 2.40 bits per heavy atom. The highest BCUT2D eigenvalue weighted by atomic mass is 16.1. The van der Waals surface area contributed by atoms with Gasteiger partial charge in [-0.05, 0) is 50.0 Å². The number of hydrogen-bond acceptors (Lipinski definition) is 1. The number of Topliss-reactive ketones (excluding diaryl/α,β-unsaturated/α-hetero) is 1. The molecule has 0 heterocycles. The van der Waals surface area contributed by atoms with Crippen LogP contribution < -0.4 is 0 Å². The molecule has 0 aliphatic heterocycles. The average Bonchev–Trinajstić information content (AvgIpc) is 2.23. The van der Waals surface area contributed by atoms with Gasteiger partial charge in [-0.25, -0.2) is 0 Å². The Kier molecular flexibility index (Phi) is 4.56. The highest BCUT2D eigenvalue weighted by Crippen LogP contribution is 2.35. The van der Waals surface area contributed by atoms with Crippen LogP contribution >= 0.6 is 0 Å². The predicted octanol–water partition coefficient (Wildman–Crippen LogP) is 3.98. The summed E-state index contributed by atoms with van der Waals surface area (Å²) in [6, 6.07) is 0. The molecular formula is C14H24O. The van der Waals surface area contributed by atoms with Gasteiger partial charge in [-0.15, -0.1) is 0 Å². The summed E-state index contributed by atoms with van der Waals surface area (Å²) < 4.78 is 0. The Labute approximate surface area is 93.9 Å². The van der Waals surface area contributed by atoms with E-state index in [9.17, 15) is 4.79 Å². The molecule has 0 aromatic carbocycles. The first-order chi connectivity index (χ1) is 7.10. The van der Waals surface area contributed by atoms with Crippen molar-refractivity contribution in [1.29, 1.82) is 0 Å². The van der Waals surface area contributed by atoms with E-state index in [1.165, 1.54) is 6.42 Å². The Bertz CT molecular complexity index is 252. The van der Waals surface area contributed by atoms with Crippen molar-refractivity contribution in [2.75, 3.05) is 0 Å². The van der Waals surface area contributed by atoms with Gasteiger partial charge in [0.2, 0.25) is 0 Å². The SMILES string of the molecule is CC=C(CC)C(=O)C1CCC(C)C(C)C1. The molecule has 3 unspecified atom stereocenters. The molecule has 1 fully saturated rings. The van der Waals surface area contributed by atoms with Gasteiger partial charge in [-0.1, -0.05) is 26.8 Å². The Morgan fingerprint density at radius 2 is 1.93 bits per heavy atom. The van der Waals surface area contributed by atoms with Crippen molar-refractivity contribution in [1.82, 2.24) is 0 Å². The van der Waals surface area contributed by atoms with Crippen LogP contribution in [0, 0.1) is 17.8 Å². The highest BCUT2D eigenvalue weighted by molar-refractivity contribution is 5.97. The molecular weight excluding hydrogens is 184 g/mol. The third-order valence-electron chi connectivity index (χ3n) is 4.01. The summed E-state index contributed by atoms with van der Waals surface area (Å²) >= 11 is 0. The van der Waals surface area contributed by atoms with Crippen LogP contribution in [0.4, 0.5) is 0 Å². The first-order valence-electron chi connectivity index (χ1n) is 6.29. The minimum atomic E-state index is 0.308. The lowest BCUT2D eigenvalue weighted by molar-refractivity contribution is -0.121. The van der Waals surface area contributed by atoms with E-state index in [2.05, 4.69) is 20.8 Å². The average molecular weight is 208 g/mol. The molecule has 0 radical (unpaired) electrons. The summed E-state index contributed by atoms with van der Waals surface area (Å²) in [5.41, 5.74) is 1.03. The number of carbonyl (C=O) groups excluding carboxylic acids is 1. The van der Waals surface area contributed by atoms with E-state index in [1.807, 2.05) is 13.0 Å². The molecule has 0 spiro atoms. The van der Waals surface area contributed by atoms with E-state index in [-0.39, 0.29) is 0 Å². The summed E-state index contributed by atoms with van der Waals surface area (Å²) in [7, 11) is 0. The first-order valence-corrected chi connectivity index (χ1v) is 6.29. The van der Waals surface area contributed by atoms with Gasteiger partial charge >= 0.3 is 0 Å². The number of rotatable bonds is 3. The second-order valence-corrected chi connectivity index (χ2v) is 5.00. The lowest BCUT2D eigenvalue weighted by Crippen LogP contribution is -2.27. The van der Waals surface area contributed by atoms with E-state index in [4.69, 9.17) is 0 Å². The van der Waals surface area contributed by atoms with Crippen LogP contribution in [0.2, 0.25) is 0 Å². The van der Waals surface area contributed by atoms with Crippen molar-refractivity contribution >= 4 is 5.78 Å². The van der Waals surface area contributed by atoms with Gasteiger partial charge < -0.3 is 0 Å². The quantitative estimate of drug-likeness (QED) is 0.641. The second-order valence-electron chi connectivity index (χ2n) is 5.00. The van der Waals surface area contributed by atoms with Gasteiger partial charge in [0.15, 0.2) is 5.78 Å². The van der Waals surface area contributed by atoms with E-state index in [0.29, 0.717) is 17.6 Å². The van der Waals surface area contributed by atoms with Crippen LogP contribution in [0.25, 0.3) is 0 Å². The zero-order chi connectivity index (χ0) is 11.4. The monoisotopic (exact) mass is 208 g/mol. The molecule has 1 aliphatic rings. The maximum atomic E-state index is 12.1. The fourth-order valence-electron chi connectivity index (χ4n) is 2.57. The van der Waals surface area contributed by atoms with Gasteiger partial charge in [0, 0.05) is 5.92 Å². The summed E-state index contributed by atoms with van der Waals surface area (Å²) in [5.74, 6) is 2.23. The standard InChI is InChI=1S/C14H24O/c1-5-12(6-2)14(15)13-8-7-10(3)11(4)9-13/h5,10-11,13H,6-9H2,1-4H3. The zero-order valence-corrected chi connectivity index (χ0v) is 10.5. The first kappa shape index (κ1) is 12.5. The number of ketones is 1. The van der Waals surface area contributed by atoms with E-state index >= 15 is 0 Å². The Hall–Kier alpha value is -0.590. The predicted molar refractivity (Wildman–Crippen MR) is 64.7 cm³/mol. The van der Waals surface area contributed by atoms with E-state index < -0.39 is 0 Å². The molecule has 15 heavy (non-hydrogen) atoms. The van der Waals surface area contributed by atoms with Crippen LogP contribution in [0.15, 0.2) is 11.6 Å². The molecule has 1 aliphatic carbocycles. The van der Waals surface area contributed by atoms with Crippen molar-refractivity contribution in [3.05, 3.63) is 11.6 Å². The Morgan fingerprint density at radius 1 is 1.27 bits per heavy atom. The van der Waals surface area contributed by atoms with Crippen molar-refractivity contribution in [3.63, 3.8) is 0 Å². The molecule has 0 N–H and O–H groups in total. The number of allylic oxidation sites excluding steroid dienone is 2. The molecule has 1 nitrogen and oxygen atoms in total. The fourth-order valence-corrected chi connectivity index (χ4v) is 2.57. The molecule has 0 aromatic heterocycles. The van der Waals surface area contributed by atoms with Crippen molar-refractivity contribution in [2.24, 2.45) is 17.8 Å². The minimum Gasteiger partial charge on any atom is -0.294 e. The third-order valence-corrected chi connectivity index (χ3v) is 4.01. The molecule has 0 aromatic rings. The maximum absolute atomic E-state index is 12.1. The van der Waals surface area contributed by atoms with E-state index in [0.717, 1.165) is 30.8 Å². The van der Waals surface area contributed by atoms with E-state index in [1.54, 1.807) is 0 Å². The van der Waals surface area contributed by atoms with Crippen LogP contribution in [0.3, 0.4) is 0 Å². The number of carbonyl (C=O) groups is 1. The van der Waals surface area contributed by atoms with Gasteiger partial charge in [0.25, 0.3) is 0 Å². The highest BCUT2D eigenvalue weighted by Gasteiger charge is 2.29. The molecule has 3 atom stereocenters.